The summed E-state index contributed by atoms with van der Waals surface area (Å²) in [6, 6.07) is 5.75. The summed E-state index contributed by atoms with van der Waals surface area (Å²) in [5.74, 6) is -0.00523. The van der Waals surface area contributed by atoms with Gasteiger partial charge in [-0.25, -0.2) is 0 Å². The van der Waals surface area contributed by atoms with Crippen LogP contribution in [0.1, 0.15) is 28.8 Å². The fourth-order valence-corrected chi connectivity index (χ4v) is 2.30. The highest BCUT2D eigenvalue weighted by atomic mass is 35.5. The number of hydrogen-bond acceptors (Lipinski definition) is 3. The molecule has 1 aliphatic heterocycles. The summed E-state index contributed by atoms with van der Waals surface area (Å²) < 4.78 is 0. The second kappa shape index (κ2) is 8.35. The van der Waals surface area contributed by atoms with Crippen molar-refractivity contribution in [3.8, 4) is 0 Å². The van der Waals surface area contributed by atoms with Crippen LogP contribution in [0, 0.1) is 6.92 Å². The van der Waals surface area contributed by atoms with E-state index in [0.717, 1.165) is 31.5 Å². The number of benzene rings is 1. The Bertz CT molecular complexity index is 446. The molecule has 6 heteroatoms. The summed E-state index contributed by atoms with van der Waals surface area (Å²) in [4.78, 5) is 14.5. The van der Waals surface area contributed by atoms with Crippen molar-refractivity contribution in [1.29, 1.82) is 0 Å². The molecule has 20 heavy (non-hydrogen) atoms. The molecule has 114 valence electrons. The van der Waals surface area contributed by atoms with E-state index in [2.05, 4.69) is 17.3 Å². The first-order valence-electron chi connectivity index (χ1n) is 6.42. The molecule has 1 aromatic carbocycles. The highest BCUT2D eigenvalue weighted by Gasteiger charge is 2.19. The lowest BCUT2D eigenvalue weighted by atomic mass is 10.0. The number of anilines is 1. The van der Waals surface area contributed by atoms with Gasteiger partial charge in [0, 0.05) is 17.3 Å². The van der Waals surface area contributed by atoms with E-state index >= 15 is 0 Å². The first kappa shape index (κ1) is 19.0. The monoisotopic (exact) mass is 319 g/mol. The minimum atomic E-state index is -0.00523. The third kappa shape index (κ3) is 4.85. The van der Waals surface area contributed by atoms with Crippen molar-refractivity contribution in [2.24, 2.45) is 0 Å². The highest BCUT2D eigenvalue weighted by Crippen LogP contribution is 2.14. The molecule has 0 spiro atoms. The van der Waals surface area contributed by atoms with Crippen LogP contribution in [0.4, 0.5) is 5.69 Å². The molecule has 1 aromatic rings. The van der Waals surface area contributed by atoms with E-state index in [-0.39, 0.29) is 36.8 Å². The van der Waals surface area contributed by atoms with Crippen molar-refractivity contribution in [2.45, 2.75) is 25.8 Å². The molecule has 1 heterocycles. The van der Waals surface area contributed by atoms with Gasteiger partial charge in [0.2, 0.25) is 0 Å². The summed E-state index contributed by atoms with van der Waals surface area (Å²) in [6.07, 6.45) is 2.03. The van der Waals surface area contributed by atoms with E-state index < -0.39 is 0 Å². The quantitative estimate of drug-likeness (QED) is 0.822. The van der Waals surface area contributed by atoms with Crippen molar-refractivity contribution in [1.82, 2.24) is 10.2 Å². The van der Waals surface area contributed by atoms with Crippen LogP contribution >= 0.6 is 24.8 Å². The van der Waals surface area contributed by atoms with Crippen molar-refractivity contribution in [3.63, 3.8) is 0 Å². The first-order valence-corrected chi connectivity index (χ1v) is 6.42. The largest absolute Gasteiger partial charge is 0.399 e. The molecule has 1 amide bonds. The fraction of sp³-hybridized carbons (Fsp3) is 0.500. The minimum Gasteiger partial charge on any atom is -0.399 e. The second-order valence-corrected chi connectivity index (χ2v) is 5.13. The standard InChI is InChI=1S/C14H21N3O.2ClH/c1-10-3-4-11(15)9-13(10)14(18)16-12-5-7-17(2)8-6-12;;/h3-4,9,12H,5-8,15H2,1-2H3,(H,16,18);2*1H. The van der Waals surface area contributed by atoms with Crippen LogP contribution in [0.5, 0.6) is 0 Å². The lowest BCUT2D eigenvalue weighted by molar-refractivity contribution is 0.0916. The van der Waals surface area contributed by atoms with Gasteiger partial charge in [0.25, 0.3) is 5.91 Å². The molecule has 1 fully saturated rings. The number of nitrogens with two attached hydrogens (primary N) is 1. The molecule has 4 nitrogen and oxygen atoms in total. The van der Waals surface area contributed by atoms with Crippen LogP contribution in [0.15, 0.2) is 18.2 Å². The normalized spacial score (nSPS) is 15.9. The lowest BCUT2D eigenvalue weighted by Gasteiger charge is -2.29. The molecule has 0 radical (unpaired) electrons. The summed E-state index contributed by atoms with van der Waals surface area (Å²) in [6.45, 7) is 4.02. The molecule has 0 aliphatic carbocycles. The van der Waals surface area contributed by atoms with Crippen molar-refractivity contribution < 1.29 is 4.79 Å². The zero-order chi connectivity index (χ0) is 13.1. The number of hydrogen-bond donors (Lipinski definition) is 2. The van der Waals surface area contributed by atoms with Crippen LogP contribution < -0.4 is 11.1 Å². The highest BCUT2D eigenvalue weighted by molar-refractivity contribution is 5.96. The maximum atomic E-state index is 12.2. The molecule has 1 aliphatic rings. The Hall–Kier alpha value is -0.970. The van der Waals surface area contributed by atoms with Gasteiger partial charge in [0.05, 0.1) is 0 Å². The van der Waals surface area contributed by atoms with E-state index in [0.29, 0.717) is 11.3 Å². The number of carbonyl (C=O) groups is 1. The van der Waals surface area contributed by atoms with Gasteiger partial charge in [0.1, 0.15) is 0 Å². The Balaban J connectivity index is 0.00000180. The van der Waals surface area contributed by atoms with Gasteiger partial charge < -0.3 is 16.0 Å². The van der Waals surface area contributed by atoms with Gasteiger partial charge in [0.15, 0.2) is 0 Å². The van der Waals surface area contributed by atoms with E-state index in [1.807, 2.05) is 19.1 Å². The maximum absolute atomic E-state index is 12.2. The number of likely N-dealkylation sites (tertiary alicyclic amines) is 1. The lowest BCUT2D eigenvalue weighted by Crippen LogP contribution is -2.43. The van der Waals surface area contributed by atoms with Gasteiger partial charge in [-0.3, -0.25) is 4.79 Å². The maximum Gasteiger partial charge on any atom is 0.251 e. The predicted molar refractivity (Wildman–Crippen MR) is 88.1 cm³/mol. The summed E-state index contributed by atoms with van der Waals surface area (Å²) in [5.41, 5.74) is 8.02. The first-order chi connectivity index (χ1) is 8.56. The molecule has 0 aromatic heterocycles. The minimum absolute atomic E-state index is 0. The van der Waals surface area contributed by atoms with E-state index in [1.54, 1.807) is 6.07 Å². The molecule has 0 unspecified atom stereocenters. The van der Waals surface area contributed by atoms with Crippen LogP contribution in [-0.2, 0) is 0 Å². The number of nitrogen functional groups attached to an aromatic ring is 1. The second-order valence-electron chi connectivity index (χ2n) is 5.13. The number of carbonyl (C=O) groups excluding carboxylic acids is 1. The van der Waals surface area contributed by atoms with E-state index in [9.17, 15) is 4.79 Å². The molecular weight excluding hydrogens is 297 g/mol. The Morgan fingerprint density at radius 1 is 1.30 bits per heavy atom. The molecular formula is C14H23Cl2N3O. The van der Waals surface area contributed by atoms with Gasteiger partial charge in [-0.15, -0.1) is 24.8 Å². The Morgan fingerprint density at radius 3 is 2.50 bits per heavy atom. The van der Waals surface area contributed by atoms with Crippen LogP contribution in [0.2, 0.25) is 0 Å². The smallest absolute Gasteiger partial charge is 0.251 e. The summed E-state index contributed by atoms with van der Waals surface area (Å²) in [7, 11) is 2.11. The summed E-state index contributed by atoms with van der Waals surface area (Å²) >= 11 is 0. The third-order valence-electron chi connectivity index (χ3n) is 3.56. The van der Waals surface area contributed by atoms with Gasteiger partial charge in [-0.1, -0.05) is 6.07 Å². The number of nitrogens with one attached hydrogen (secondary N) is 1. The van der Waals surface area contributed by atoms with Crippen LogP contribution in [0.25, 0.3) is 0 Å². The summed E-state index contributed by atoms with van der Waals surface area (Å²) in [5, 5.41) is 3.10. The van der Waals surface area contributed by atoms with Crippen molar-refractivity contribution in [2.75, 3.05) is 25.9 Å². The van der Waals surface area contributed by atoms with Gasteiger partial charge in [-0.05, 0) is 57.6 Å². The third-order valence-corrected chi connectivity index (χ3v) is 3.56. The van der Waals surface area contributed by atoms with Crippen molar-refractivity contribution in [3.05, 3.63) is 29.3 Å². The molecule has 0 bridgehead atoms. The average Bonchev–Trinajstić information content (AvgIpc) is 2.35. The fourth-order valence-electron chi connectivity index (χ4n) is 2.30. The van der Waals surface area contributed by atoms with E-state index in [1.165, 1.54) is 0 Å². The number of aryl methyl sites for hydroxylation is 1. The van der Waals surface area contributed by atoms with Gasteiger partial charge >= 0.3 is 0 Å². The number of halogens is 2. The number of nitrogens with zero attached hydrogens (tertiary/aromatic N) is 1. The zero-order valence-electron chi connectivity index (χ0n) is 11.9. The van der Waals surface area contributed by atoms with E-state index in [4.69, 9.17) is 5.73 Å². The molecule has 2 rings (SSSR count). The predicted octanol–water partition coefficient (Wildman–Crippen LogP) is 2.24. The Labute approximate surface area is 132 Å². The molecule has 3 N–H and O–H groups in total. The Morgan fingerprint density at radius 2 is 1.90 bits per heavy atom. The topological polar surface area (TPSA) is 58.4 Å². The Kier molecular flexibility index (Phi) is 7.94. The molecule has 0 saturated carbocycles. The SMILES string of the molecule is Cc1ccc(N)cc1C(=O)NC1CCN(C)CC1.Cl.Cl. The zero-order valence-corrected chi connectivity index (χ0v) is 13.5. The number of amides is 1. The molecule has 1 saturated heterocycles. The van der Waals surface area contributed by atoms with Crippen molar-refractivity contribution >= 4 is 36.4 Å². The number of piperidine rings is 1. The molecule has 0 atom stereocenters. The van der Waals surface area contributed by atoms with Gasteiger partial charge in [-0.2, -0.15) is 0 Å². The van der Waals surface area contributed by atoms with Crippen LogP contribution in [-0.4, -0.2) is 37.0 Å². The van der Waals surface area contributed by atoms with Crippen LogP contribution in [0.3, 0.4) is 0 Å². The average molecular weight is 320 g/mol. The number of rotatable bonds is 2.